The molecule has 5 heteroatoms. The first-order chi connectivity index (χ1) is 11.8. The van der Waals surface area contributed by atoms with Crippen LogP contribution in [0.2, 0.25) is 0 Å². The number of nitrogens with zero attached hydrogens (tertiary/aromatic N) is 2. The molecular weight excluding hydrogens is 320 g/mol. The average Bonchev–Trinajstić information content (AvgIpc) is 3.14. The lowest BCUT2D eigenvalue weighted by molar-refractivity contribution is -0.126. The number of carbonyl (C=O) groups excluding carboxylic acids is 1. The number of benzene rings is 1. The molecule has 1 aliphatic heterocycles. The number of anilines is 1. The first-order valence-corrected chi connectivity index (χ1v) is 9.13. The van der Waals surface area contributed by atoms with E-state index < -0.39 is 0 Å². The molecule has 3 rings (SSSR count). The predicted molar refractivity (Wildman–Crippen MR) is 99.8 cm³/mol. The van der Waals surface area contributed by atoms with E-state index in [1.165, 1.54) is 0 Å². The van der Waals surface area contributed by atoms with Gasteiger partial charge in [0.2, 0.25) is 5.91 Å². The van der Waals surface area contributed by atoms with Crippen LogP contribution in [0, 0.1) is 0 Å². The minimum Gasteiger partial charge on any atom is -0.492 e. The van der Waals surface area contributed by atoms with Crippen molar-refractivity contribution in [2.45, 2.75) is 6.92 Å². The number of rotatable bonds is 5. The van der Waals surface area contributed by atoms with E-state index in [9.17, 15) is 4.79 Å². The van der Waals surface area contributed by atoms with E-state index in [4.69, 9.17) is 4.74 Å². The smallest absolute Gasteiger partial charge is 0.246 e. The molecule has 0 N–H and O–H groups in total. The second-order valence-electron chi connectivity index (χ2n) is 5.56. The van der Waals surface area contributed by atoms with Crippen LogP contribution in [0.25, 0.3) is 6.08 Å². The minimum absolute atomic E-state index is 0.0844. The van der Waals surface area contributed by atoms with Crippen LogP contribution in [0.4, 0.5) is 5.69 Å². The summed E-state index contributed by atoms with van der Waals surface area (Å²) in [6.07, 6.45) is 3.57. The van der Waals surface area contributed by atoms with Gasteiger partial charge in [0.25, 0.3) is 0 Å². The number of ether oxygens (including phenoxy) is 1. The molecule has 0 spiro atoms. The van der Waals surface area contributed by atoms with Crippen molar-refractivity contribution < 1.29 is 9.53 Å². The Balaban J connectivity index is 1.59. The fraction of sp³-hybridized carbons (Fsp3) is 0.316. The first-order valence-electron chi connectivity index (χ1n) is 8.25. The third-order valence-electron chi connectivity index (χ3n) is 4.03. The Morgan fingerprint density at radius 1 is 1.17 bits per heavy atom. The Labute approximate surface area is 147 Å². The number of hydrogen-bond acceptors (Lipinski definition) is 4. The van der Waals surface area contributed by atoms with Gasteiger partial charge < -0.3 is 14.5 Å². The zero-order chi connectivity index (χ0) is 16.8. The van der Waals surface area contributed by atoms with Crippen molar-refractivity contribution >= 4 is 29.0 Å². The highest BCUT2D eigenvalue weighted by molar-refractivity contribution is 7.10. The number of carbonyl (C=O) groups is 1. The van der Waals surface area contributed by atoms with Crippen LogP contribution in [-0.2, 0) is 4.79 Å². The van der Waals surface area contributed by atoms with E-state index in [1.807, 2.05) is 53.6 Å². The van der Waals surface area contributed by atoms with Crippen molar-refractivity contribution in [1.82, 2.24) is 4.90 Å². The van der Waals surface area contributed by atoms with Gasteiger partial charge in [0.1, 0.15) is 5.75 Å². The van der Waals surface area contributed by atoms with Gasteiger partial charge in [0.15, 0.2) is 0 Å². The average molecular weight is 342 g/mol. The molecule has 1 amide bonds. The van der Waals surface area contributed by atoms with Crippen molar-refractivity contribution in [2.24, 2.45) is 0 Å². The molecule has 126 valence electrons. The second kappa shape index (κ2) is 8.02. The predicted octanol–water partition coefficient (Wildman–Crippen LogP) is 3.51. The van der Waals surface area contributed by atoms with Gasteiger partial charge in [0.05, 0.1) is 12.3 Å². The Morgan fingerprint density at radius 2 is 1.96 bits per heavy atom. The van der Waals surface area contributed by atoms with Crippen molar-refractivity contribution in [3.63, 3.8) is 0 Å². The quantitative estimate of drug-likeness (QED) is 0.780. The van der Waals surface area contributed by atoms with E-state index in [0.29, 0.717) is 6.61 Å². The highest BCUT2D eigenvalue weighted by atomic mass is 32.1. The summed E-state index contributed by atoms with van der Waals surface area (Å²) in [6, 6.07) is 12.1. The highest BCUT2D eigenvalue weighted by Crippen LogP contribution is 2.28. The van der Waals surface area contributed by atoms with Gasteiger partial charge in [-0.25, -0.2) is 0 Å². The van der Waals surface area contributed by atoms with Crippen LogP contribution in [-0.4, -0.2) is 43.6 Å². The third-order valence-corrected chi connectivity index (χ3v) is 4.87. The maximum absolute atomic E-state index is 12.3. The lowest BCUT2D eigenvalue weighted by Gasteiger charge is -2.36. The molecule has 24 heavy (non-hydrogen) atoms. The fourth-order valence-electron chi connectivity index (χ4n) is 2.81. The zero-order valence-corrected chi connectivity index (χ0v) is 14.7. The second-order valence-corrected chi connectivity index (χ2v) is 6.54. The molecule has 2 aromatic rings. The van der Waals surface area contributed by atoms with Gasteiger partial charge in [-0.05, 0) is 36.6 Å². The molecule has 1 fully saturated rings. The standard InChI is InChI=1S/C19H22N2O2S/c1-2-23-18-8-4-3-7-17(18)20-11-13-21(14-12-20)19(22)10-9-16-6-5-15-24-16/h3-10,15H,2,11-14H2,1H3/b10-9-. The van der Waals surface area contributed by atoms with E-state index in [2.05, 4.69) is 11.0 Å². The third kappa shape index (κ3) is 3.97. The molecule has 1 aliphatic rings. The molecule has 0 aliphatic carbocycles. The normalized spacial score (nSPS) is 15.0. The molecule has 4 nitrogen and oxygen atoms in total. The molecule has 0 unspecified atom stereocenters. The number of piperazine rings is 1. The number of para-hydroxylation sites is 2. The first kappa shape index (κ1) is 16.6. The molecule has 1 aromatic heterocycles. The SMILES string of the molecule is CCOc1ccccc1N1CCN(C(=O)/C=C\c2cccs2)CC1. The lowest BCUT2D eigenvalue weighted by Crippen LogP contribution is -2.48. The Hall–Kier alpha value is -2.27. The van der Waals surface area contributed by atoms with Crippen LogP contribution in [0.5, 0.6) is 5.75 Å². The summed E-state index contributed by atoms with van der Waals surface area (Å²) in [5, 5.41) is 2.01. The molecule has 0 saturated carbocycles. The molecule has 1 aromatic carbocycles. The summed E-state index contributed by atoms with van der Waals surface area (Å²) in [7, 11) is 0. The highest BCUT2D eigenvalue weighted by Gasteiger charge is 2.21. The molecule has 2 heterocycles. The monoisotopic (exact) mass is 342 g/mol. The summed E-state index contributed by atoms with van der Waals surface area (Å²) in [5.41, 5.74) is 1.11. The molecule has 1 saturated heterocycles. The lowest BCUT2D eigenvalue weighted by atomic mass is 10.2. The van der Waals surface area contributed by atoms with Gasteiger partial charge >= 0.3 is 0 Å². The Kier molecular flexibility index (Phi) is 5.54. The van der Waals surface area contributed by atoms with Crippen LogP contribution >= 0.6 is 11.3 Å². The largest absolute Gasteiger partial charge is 0.492 e. The van der Waals surface area contributed by atoms with Gasteiger partial charge in [-0.15, -0.1) is 11.3 Å². The number of hydrogen-bond donors (Lipinski definition) is 0. The van der Waals surface area contributed by atoms with Crippen molar-refractivity contribution in [1.29, 1.82) is 0 Å². The maximum atomic E-state index is 12.3. The Bertz CT molecular complexity index is 689. The van der Waals surface area contributed by atoms with Crippen molar-refractivity contribution in [2.75, 3.05) is 37.7 Å². The summed E-state index contributed by atoms with van der Waals surface area (Å²) < 4.78 is 5.71. The van der Waals surface area contributed by atoms with Gasteiger partial charge in [-0.1, -0.05) is 18.2 Å². The summed E-state index contributed by atoms with van der Waals surface area (Å²) in [6.45, 7) is 5.75. The molecule has 0 atom stereocenters. The number of amides is 1. The van der Waals surface area contributed by atoms with E-state index in [0.717, 1.165) is 42.5 Å². The molecule has 0 bridgehead atoms. The summed E-state index contributed by atoms with van der Waals surface area (Å²) in [5.74, 6) is 0.999. The van der Waals surface area contributed by atoms with E-state index in [1.54, 1.807) is 17.4 Å². The zero-order valence-electron chi connectivity index (χ0n) is 13.9. The van der Waals surface area contributed by atoms with Gasteiger partial charge in [0, 0.05) is 37.1 Å². The fourth-order valence-corrected chi connectivity index (χ4v) is 3.43. The topological polar surface area (TPSA) is 32.8 Å². The molecular formula is C19H22N2O2S. The molecule has 0 radical (unpaired) electrons. The van der Waals surface area contributed by atoms with Crippen LogP contribution in [0.3, 0.4) is 0 Å². The van der Waals surface area contributed by atoms with E-state index >= 15 is 0 Å². The van der Waals surface area contributed by atoms with Crippen LogP contribution < -0.4 is 9.64 Å². The van der Waals surface area contributed by atoms with Crippen LogP contribution in [0.15, 0.2) is 47.9 Å². The van der Waals surface area contributed by atoms with Crippen molar-refractivity contribution in [3.05, 3.63) is 52.7 Å². The van der Waals surface area contributed by atoms with Gasteiger partial charge in [-0.3, -0.25) is 4.79 Å². The van der Waals surface area contributed by atoms with E-state index in [-0.39, 0.29) is 5.91 Å². The summed E-state index contributed by atoms with van der Waals surface area (Å²) in [4.78, 5) is 17.6. The Morgan fingerprint density at radius 3 is 2.67 bits per heavy atom. The maximum Gasteiger partial charge on any atom is 0.246 e. The summed E-state index contributed by atoms with van der Waals surface area (Å²) >= 11 is 1.64. The van der Waals surface area contributed by atoms with Crippen LogP contribution in [0.1, 0.15) is 11.8 Å². The number of thiophene rings is 1. The minimum atomic E-state index is 0.0844. The van der Waals surface area contributed by atoms with Gasteiger partial charge in [-0.2, -0.15) is 0 Å². The van der Waals surface area contributed by atoms with Crippen molar-refractivity contribution in [3.8, 4) is 5.75 Å².